The molecule has 1 unspecified atom stereocenters. The third-order valence-electron chi connectivity index (χ3n) is 3.66. The molecule has 1 heterocycles. The van der Waals surface area contributed by atoms with Crippen LogP contribution in [0.1, 0.15) is 29.5 Å². The first-order valence-corrected chi connectivity index (χ1v) is 7.49. The summed E-state index contributed by atoms with van der Waals surface area (Å²) in [6.07, 6.45) is 2.74. The number of aryl methyl sites for hydroxylation is 1. The van der Waals surface area contributed by atoms with Gasteiger partial charge in [-0.25, -0.2) is 4.98 Å². The molecule has 1 aromatic carbocycles. The Morgan fingerprint density at radius 1 is 1.37 bits per heavy atom. The average molecular weight is 274 g/mol. The summed E-state index contributed by atoms with van der Waals surface area (Å²) in [5, 5.41) is 0.782. The van der Waals surface area contributed by atoms with Gasteiger partial charge < -0.3 is 10.5 Å². The van der Waals surface area contributed by atoms with Gasteiger partial charge in [0.1, 0.15) is 0 Å². The Balaban J connectivity index is 1.89. The molecular formula is C15H18N2OS. The van der Waals surface area contributed by atoms with Crippen molar-refractivity contribution in [3.63, 3.8) is 0 Å². The predicted molar refractivity (Wildman–Crippen MR) is 77.6 cm³/mol. The lowest BCUT2D eigenvalue weighted by Gasteiger charge is -2.33. The van der Waals surface area contributed by atoms with Crippen molar-refractivity contribution in [2.24, 2.45) is 5.73 Å². The van der Waals surface area contributed by atoms with Crippen LogP contribution in [0.4, 0.5) is 0 Å². The summed E-state index contributed by atoms with van der Waals surface area (Å²) in [7, 11) is 0. The van der Waals surface area contributed by atoms with E-state index in [0.717, 1.165) is 24.5 Å². The summed E-state index contributed by atoms with van der Waals surface area (Å²) in [5.41, 5.74) is 8.74. The molecule has 1 atom stereocenters. The van der Waals surface area contributed by atoms with Gasteiger partial charge in [-0.05, 0) is 25.3 Å². The summed E-state index contributed by atoms with van der Waals surface area (Å²) < 4.78 is 5.50. The van der Waals surface area contributed by atoms with E-state index in [0.29, 0.717) is 6.61 Å². The molecule has 3 nitrogen and oxygen atoms in total. The molecule has 3 rings (SSSR count). The number of rotatable bonds is 3. The van der Waals surface area contributed by atoms with E-state index in [2.05, 4.69) is 29.2 Å². The zero-order valence-electron chi connectivity index (χ0n) is 11.1. The number of ether oxygens (including phenoxy) is 1. The van der Waals surface area contributed by atoms with Crippen molar-refractivity contribution in [1.82, 2.24) is 4.98 Å². The highest BCUT2D eigenvalue weighted by atomic mass is 32.1. The van der Waals surface area contributed by atoms with Gasteiger partial charge >= 0.3 is 0 Å². The van der Waals surface area contributed by atoms with Crippen LogP contribution in [-0.2, 0) is 18.4 Å². The third-order valence-corrected chi connectivity index (χ3v) is 4.67. The number of nitrogens with two attached hydrogens (primary N) is 1. The van der Waals surface area contributed by atoms with E-state index in [1.165, 1.54) is 16.1 Å². The molecule has 0 spiro atoms. The fourth-order valence-corrected chi connectivity index (χ4v) is 3.75. The third kappa shape index (κ3) is 2.38. The van der Waals surface area contributed by atoms with Crippen LogP contribution in [0.2, 0.25) is 0 Å². The number of nitrogens with zero attached hydrogens (tertiary/aromatic N) is 1. The highest BCUT2D eigenvalue weighted by molar-refractivity contribution is 7.13. The van der Waals surface area contributed by atoms with Gasteiger partial charge in [-0.1, -0.05) is 41.7 Å². The number of hydrogen-bond acceptors (Lipinski definition) is 4. The van der Waals surface area contributed by atoms with Crippen LogP contribution in [-0.4, -0.2) is 11.6 Å². The molecule has 1 aromatic heterocycles. The van der Waals surface area contributed by atoms with E-state index >= 15 is 0 Å². The van der Waals surface area contributed by atoms with Crippen molar-refractivity contribution in [2.75, 3.05) is 6.61 Å². The minimum Gasteiger partial charge on any atom is -0.470 e. The lowest BCUT2D eigenvalue weighted by molar-refractivity contribution is 0.336. The van der Waals surface area contributed by atoms with Gasteiger partial charge in [0.25, 0.3) is 5.19 Å². The Kier molecular flexibility index (Phi) is 3.29. The number of aromatic nitrogens is 1. The Morgan fingerprint density at radius 3 is 2.89 bits per heavy atom. The van der Waals surface area contributed by atoms with E-state index in [-0.39, 0.29) is 5.54 Å². The first-order chi connectivity index (χ1) is 9.21. The predicted octanol–water partition coefficient (Wildman–Crippen LogP) is 2.88. The molecule has 2 aromatic rings. The van der Waals surface area contributed by atoms with Crippen LogP contribution >= 0.6 is 11.3 Å². The topological polar surface area (TPSA) is 48.1 Å². The summed E-state index contributed by atoms with van der Waals surface area (Å²) in [6.45, 7) is 2.65. The van der Waals surface area contributed by atoms with Crippen LogP contribution < -0.4 is 10.5 Å². The number of benzene rings is 1. The average Bonchev–Trinajstić information content (AvgIpc) is 2.81. The van der Waals surface area contributed by atoms with Crippen LogP contribution in [0.5, 0.6) is 5.19 Å². The van der Waals surface area contributed by atoms with Gasteiger partial charge in [-0.3, -0.25) is 0 Å². The fourth-order valence-electron chi connectivity index (χ4n) is 2.61. The van der Waals surface area contributed by atoms with Crippen LogP contribution in [0.3, 0.4) is 0 Å². The number of fused-ring (bicyclic) bond motifs is 1. The molecule has 0 saturated carbocycles. The Labute approximate surface area is 117 Å². The monoisotopic (exact) mass is 274 g/mol. The zero-order chi connectivity index (χ0) is 13.3. The van der Waals surface area contributed by atoms with E-state index < -0.39 is 0 Å². The standard InChI is InChI=1S/C15H18N2OS/c1-2-18-14-17-12-8-9-15(16,10-13(12)19-14)11-6-4-3-5-7-11/h3-7H,2,8-10,16H2,1H3. The van der Waals surface area contributed by atoms with Crippen molar-refractivity contribution in [2.45, 2.75) is 31.7 Å². The Hall–Kier alpha value is -1.39. The van der Waals surface area contributed by atoms with Crippen molar-refractivity contribution < 1.29 is 4.74 Å². The highest BCUT2D eigenvalue weighted by Gasteiger charge is 2.34. The maximum absolute atomic E-state index is 6.62. The summed E-state index contributed by atoms with van der Waals surface area (Å²) in [6, 6.07) is 10.4. The van der Waals surface area contributed by atoms with Crippen LogP contribution in [0, 0.1) is 0 Å². The lowest BCUT2D eigenvalue weighted by atomic mass is 9.79. The van der Waals surface area contributed by atoms with E-state index in [1.54, 1.807) is 11.3 Å². The molecule has 0 aliphatic heterocycles. The smallest absolute Gasteiger partial charge is 0.273 e. The number of thiazole rings is 1. The maximum Gasteiger partial charge on any atom is 0.273 e. The number of hydrogen-bond donors (Lipinski definition) is 1. The van der Waals surface area contributed by atoms with Crippen LogP contribution in [0.25, 0.3) is 0 Å². The molecule has 2 N–H and O–H groups in total. The molecule has 0 bridgehead atoms. The first kappa shape index (κ1) is 12.6. The Morgan fingerprint density at radius 2 is 2.16 bits per heavy atom. The molecule has 1 aliphatic carbocycles. The second-order valence-electron chi connectivity index (χ2n) is 4.98. The minimum absolute atomic E-state index is 0.260. The molecule has 0 fully saturated rings. The lowest BCUT2D eigenvalue weighted by Crippen LogP contribution is -2.41. The molecular weight excluding hydrogens is 256 g/mol. The molecule has 4 heteroatoms. The molecule has 19 heavy (non-hydrogen) atoms. The van der Waals surface area contributed by atoms with Crippen LogP contribution in [0.15, 0.2) is 30.3 Å². The summed E-state index contributed by atoms with van der Waals surface area (Å²) >= 11 is 1.64. The van der Waals surface area contributed by atoms with Crippen molar-refractivity contribution in [1.29, 1.82) is 0 Å². The fraction of sp³-hybridized carbons (Fsp3) is 0.400. The van der Waals surface area contributed by atoms with Gasteiger partial charge in [0.2, 0.25) is 0 Å². The molecule has 0 radical (unpaired) electrons. The SMILES string of the molecule is CCOc1nc2c(s1)CC(N)(c1ccccc1)CC2. The van der Waals surface area contributed by atoms with Gasteiger partial charge in [0.05, 0.1) is 12.3 Å². The second kappa shape index (κ2) is 4.94. The Bertz CT molecular complexity index is 567. The van der Waals surface area contributed by atoms with Gasteiger partial charge in [0, 0.05) is 16.8 Å². The van der Waals surface area contributed by atoms with E-state index in [9.17, 15) is 0 Å². The van der Waals surface area contributed by atoms with Gasteiger partial charge in [-0.2, -0.15) is 0 Å². The van der Waals surface area contributed by atoms with Crippen molar-refractivity contribution >= 4 is 11.3 Å². The van der Waals surface area contributed by atoms with E-state index in [1.807, 2.05) is 13.0 Å². The second-order valence-corrected chi connectivity index (χ2v) is 6.03. The largest absolute Gasteiger partial charge is 0.470 e. The molecule has 1 aliphatic rings. The quantitative estimate of drug-likeness (QED) is 0.936. The zero-order valence-corrected chi connectivity index (χ0v) is 11.9. The normalized spacial score (nSPS) is 22.0. The van der Waals surface area contributed by atoms with Gasteiger partial charge in [-0.15, -0.1) is 0 Å². The van der Waals surface area contributed by atoms with Gasteiger partial charge in [0.15, 0.2) is 0 Å². The van der Waals surface area contributed by atoms with E-state index in [4.69, 9.17) is 10.5 Å². The minimum atomic E-state index is -0.260. The highest BCUT2D eigenvalue weighted by Crippen LogP contribution is 2.38. The maximum atomic E-state index is 6.62. The molecule has 0 saturated heterocycles. The van der Waals surface area contributed by atoms with Crippen molar-refractivity contribution in [3.8, 4) is 5.19 Å². The first-order valence-electron chi connectivity index (χ1n) is 6.67. The summed E-state index contributed by atoms with van der Waals surface area (Å²) in [5.74, 6) is 0. The molecule has 100 valence electrons. The summed E-state index contributed by atoms with van der Waals surface area (Å²) in [4.78, 5) is 5.82. The van der Waals surface area contributed by atoms with Crippen molar-refractivity contribution in [3.05, 3.63) is 46.5 Å². The molecule has 0 amide bonds.